The van der Waals surface area contributed by atoms with Gasteiger partial charge in [0.25, 0.3) is 0 Å². The Hall–Kier alpha value is -1.42. The molecule has 1 heterocycles. The van der Waals surface area contributed by atoms with Crippen LogP contribution in [-0.2, 0) is 0 Å². The minimum atomic E-state index is 0.171. The van der Waals surface area contributed by atoms with Gasteiger partial charge in [-0.1, -0.05) is 6.42 Å². The van der Waals surface area contributed by atoms with E-state index in [9.17, 15) is 5.11 Å². The first-order valence-corrected chi connectivity index (χ1v) is 5.94. The van der Waals surface area contributed by atoms with Crippen LogP contribution >= 0.6 is 0 Å². The van der Waals surface area contributed by atoms with Gasteiger partial charge in [0.2, 0.25) is 0 Å². The van der Waals surface area contributed by atoms with Gasteiger partial charge in [0.05, 0.1) is 19.8 Å². The molecule has 1 fully saturated rings. The molecule has 0 aromatic heterocycles. The Morgan fingerprint density at radius 2 is 2.06 bits per heavy atom. The monoisotopic (exact) mass is 237 g/mol. The lowest BCUT2D eigenvalue weighted by atomic mass is 9.96. The molecule has 2 N–H and O–H groups in total. The van der Waals surface area contributed by atoms with Crippen LogP contribution in [0.5, 0.6) is 17.2 Å². The normalized spacial score (nSPS) is 20.0. The number of hydrogen-bond donors (Lipinski definition) is 2. The van der Waals surface area contributed by atoms with Crippen molar-refractivity contribution in [1.29, 1.82) is 0 Å². The second kappa shape index (κ2) is 5.27. The summed E-state index contributed by atoms with van der Waals surface area (Å²) < 4.78 is 10.5. The summed E-state index contributed by atoms with van der Waals surface area (Å²) in [4.78, 5) is 0. The molecule has 0 saturated carbocycles. The highest BCUT2D eigenvalue weighted by atomic mass is 16.5. The quantitative estimate of drug-likeness (QED) is 0.846. The van der Waals surface area contributed by atoms with Crippen molar-refractivity contribution in [3.8, 4) is 17.2 Å². The lowest BCUT2D eigenvalue weighted by molar-refractivity contribution is 0.349. The summed E-state index contributed by atoms with van der Waals surface area (Å²) in [6.07, 6.45) is 3.39. The number of methoxy groups -OCH3 is 2. The number of nitrogens with one attached hydrogen (secondary N) is 1. The SMILES string of the molecule is COc1cc(O)c(C2CCCCN2)c(OC)c1. The molecule has 94 valence electrons. The minimum Gasteiger partial charge on any atom is -0.507 e. The molecular weight excluding hydrogens is 218 g/mol. The van der Waals surface area contributed by atoms with Crippen LogP contribution in [0.1, 0.15) is 30.9 Å². The molecule has 0 radical (unpaired) electrons. The molecule has 0 bridgehead atoms. The molecule has 4 nitrogen and oxygen atoms in total. The number of benzene rings is 1. The molecule has 2 rings (SSSR count). The smallest absolute Gasteiger partial charge is 0.131 e. The molecule has 1 aliphatic heterocycles. The van der Waals surface area contributed by atoms with Gasteiger partial charge in [0.1, 0.15) is 17.2 Å². The fraction of sp³-hybridized carbons (Fsp3) is 0.538. The number of piperidine rings is 1. The van der Waals surface area contributed by atoms with Crippen LogP contribution in [0, 0.1) is 0 Å². The van der Waals surface area contributed by atoms with Crippen LogP contribution in [0.2, 0.25) is 0 Å². The van der Waals surface area contributed by atoms with Gasteiger partial charge in [-0.25, -0.2) is 0 Å². The zero-order valence-corrected chi connectivity index (χ0v) is 10.3. The van der Waals surface area contributed by atoms with E-state index in [1.807, 2.05) is 6.07 Å². The van der Waals surface area contributed by atoms with Crippen molar-refractivity contribution in [2.75, 3.05) is 20.8 Å². The largest absolute Gasteiger partial charge is 0.507 e. The molecule has 1 aliphatic rings. The zero-order valence-electron chi connectivity index (χ0n) is 10.3. The maximum Gasteiger partial charge on any atom is 0.131 e. The van der Waals surface area contributed by atoms with E-state index in [0.29, 0.717) is 11.5 Å². The molecule has 17 heavy (non-hydrogen) atoms. The highest BCUT2D eigenvalue weighted by Crippen LogP contribution is 2.40. The van der Waals surface area contributed by atoms with Crippen LogP contribution < -0.4 is 14.8 Å². The molecule has 4 heteroatoms. The van der Waals surface area contributed by atoms with Crippen LogP contribution in [0.25, 0.3) is 0 Å². The van der Waals surface area contributed by atoms with Crippen molar-refractivity contribution < 1.29 is 14.6 Å². The number of hydrogen-bond acceptors (Lipinski definition) is 4. The van der Waals surface area contributed by atoms with Crippen molar-refractivity contribution in [2.45, 2.75) is 25.3 Å². The molecule has 1 saturated heterocycles. The molecule has 0 spiro atoms. The topological polar surface area (TPSA) is 50.7 Å². The molecule has 1 atom stereocenters. The fourth-order valence-electron chi connectivity index (χ4n) is 2.32. The fourth-order valence-corrected chi connectivity index (χ4v) is 2.32. The Balaban J connectivity index is 2.36. The summed E-state index contributed by atoms with van der Waals surface area (Å²) in [5.41, 5.74) is 0.841. The third kappa shape index (κ3) is 2.47. The third-order valence-corrected chi connectivity index (χ3v) is 3.21. The van der Waals surface area contributed by atoms with E-state index in [1.54, 1.807) is 20.3 Å². The van der Waals surface area contributed by atoms with Gasteiger partial charge >= 0.3 is 0 Å². The summed E-state index contributed by atoms with van der Waals surface area (Å²) in [5, 5.41) is 13.5. The van der Waals surface area contributed by atoms with Gasteiger partial charge in [-0.05, 0) is 19.4 Å². The standard InChI is InChI=1S/C13H19NO3/c1-16-9-7-11(15)13(12(8-9)17-2)10-5-3-4-6-14-10/h7-8,10,14-15H,3-6H2,1-2H3. The van der Waals surface area contributed by atoms with Crippen molar-refractivity contribution in [3.05, 3.63) is 17.7 Å². The van der Waals surface area contributed by atoms with Gasteiger partial charge in [-0.2, -0.15) is 0 Å². The first-order valence-electron chi connectivity index (χ1n) is 5.94. The van der Waals surface area contributed by atoms with Crippen LogP contribution in [-0.4, -0.2) is 25.9 Å². The molecule has 1 unspecified atom stereocenters. The van der Waals surface area contributed by atoms with Crippen molar-refractivity contribution >= 4 is 0 Å². The average molecular weight is 237 g/mol. The predicted molar refractivity (Wildman–Crippen MR) is 65.8 cm³/mol. The van der Waals surface area contributed by atoms with E-state index >= 15 is 0 Å². The molecule has 1 aromatic carbocycles. The van der Waals surface area contributed by atoms with Gasteiger partial charge in [0, 0.05) is 18.2 Å². The lowest BCUT2D eigenvalue weighted by Crippen LogP contribution is -2.27. The number of rotatable bonds is 3. The van der Waals surface area contributed by atoms with E-state index in [1.165, 1.54) is 12.8 Å². The summed E-state index contributed by atoms with van der Waals surface area (Å²) >= 11 is 0. The Morgan fingerprint density at radius 1 is 1.24 bits per heavy atom. The summed E-state index contributed by atoms with van der Waals surface area (Å²) in [7, 11) is 3.19. The first-order chi connectivity index (χ1) is 8.26. The highest BCUT2D eigenvalue weighted by Gasteiger charge is 2.22. The second-order valence-corrected chi connectivity index (χ2v) is 4.26. The van der Waals surface area contributed by atoms with Crippen molar-refractivity contribution in [1.82, 2.24) is 5.32 Å². The average Bonchev–Trinajstić information content (AvgIpc) is 2.38. The minimum absolute atomic E-state index is 0.171. The second-order valence-electron chi connectivity index (χ2n) is 4.26. The summed E-state index contributed by atoms with van der Waals surface area (Å²) in [6, 6.07) is 3.61. The van der Waals surface area contributed by atoms with Crippen LogP contribution in [0.4, 0.5) is 0 Å². The predicted octanol–water partition coefficient (Wildman–Crippen LogP) is 2.22. The van der Waals surface area contributed by atoms with Gasteiger partial charge in [-0.3, -0.25) is 0 Å². The Morgan fingerprint density at radius 3 is 2.65 bits per heavy atom. The first kappa shape index (κ1) is 12.0. The highest BCUT2D eigenvalue weighted by molar-refractivity contribution is 5.51. The van der Waals surface area contributed by atoms with Crippen molar-refractivity contribution in [2.24, 2.45) is 0 Å². The van der Waals surface area contributed by atoms with E-state index < -0.39 is 0 Å². The van der Waals surface area contributed by atoms with Crippen molar-refractivity contribution in [3.63, 3.8) is 0 Å². The molecule has 0 aliphatic carbocycles. The van der Waals surface area contributed by atoms with Gasteiger partial charge in [0.15, 0.2) is 0 Å². The summed E-state index contributed by atoms with van der Waals surface area (Å²) in [6.45, 7) is 0.985. The van der Waals surface area contributed by atoms with E-state index in [-0.39, 0.29) is 11.8 Å². The van der Waals surface area contributed by atoms with E-state index in [4.69, 9.17) is 9.47 Å². The molecule has 0 amide bonds. The summed E-state index contributed by atoms with van der Waals surface area (Å²) in [5.74, 6) is 1.53. The molecule has 1 aromatic rings. The number of phenols is 1. The van der Waals surface area contributed by atoms with Crippen LogP contribution in [0.15, 0.2) is 12.1 Å². The lowest BCUT2D eigenvalue weighted by Gasteiger charge is -2.26. The zero-order chi connectivity index (χ0) is 12.3. The van der Waals surface area contributed by atoms with Crippen LogP contribution in [0.3, 0.4) is 0 Å². The number of ether oxygens (including phenoxy) is 2. The number of phenolic OH excluding ortho intramolecular Hbond substituents is 1. The Bertz CT molecular complexity index is 386. The van der Waals surface area contributed by atoms with Gasteiger partial charge < -0.3 is 19.9 Å². The van der Waals surface area contributed by atoms with E-state index in [0.717, 1.165) is 18.5 Å². The third-order valence-electron chi connectivity index (χ3n) is 3.21. The van der Waals surface area contributed by atoms with Gasteiger partial charge in [-0.15, -0.1) is 0 Å². The number of aromatic hydroxyl groups is 1. The Labute approximate surface area is 102 Å². The Kier molecular flexibility index (Phi) is 3.74. The maximum atomic E-state index is 10.1. The maximum absolute atomic E-state index is 10.1. The van der Waals surface area contributed by atoms with E-state index in [2.05, 4.69) is 5.32 Å². The molecular formula is C13H19NO3.